The third-order valence-corrected chi connectivity index (χ3v) is 12.4. The Morgan fingerprint density at radius 2 is 0.954 bits per heavy atom. The van der Waals surface area contributed by atoms with Crippen molar-refractivity contribution in [2.75, 3.05) is 40.9 Å². The molecule has 0 aliphatic carbocycles. The first-order valence-corrected chi connectivity index (χ1v) is 28.1. The van der Waals surface area contributed by atoms with Gasteiger partial charge in [0.25, 0.3) is 7.82 Å². The summed E-state index contributed by atoms with van der Waals surface area (Å²) in [6.45, 7) is 6.75. The molecule has 0 aromatic rings. The van der Waals surface area contributed by atoms with Crippen molar-refractivity contribution in [3.05, 3.63) is 60.8 Å². The fourth-order valence-electron chi connectivity index (χ4n) is 7.28. The fraction of sp³-hybridized carbons (Fsp3) is 0.782. The molecule has 0 spiro atoms. The first kappa shape index (κ1) is 62.7. The molecule has 0 rings (SSSR count). The van der Waals surface area contributed by atoms with E-state index in [2.05, 4.69) is 74.7 Å². The van der Waals surface area contributed by atoms with Gasteiger partial charge in [0.15, 0.2) is 0 Å². The van der Waals surface area contributed by atoms with Crippen LogP contribution < -0.4 is 10.2 Å². The second kappa shape index (κ2) is 45.5. The van der Waals surface area contributed by atoms with Crippen LogP contribution >= 0.6 is 7.82 Å². The number of hydrogen-bond acceptors (Lipinski definition) is 7. The summed E-state index contributed by atoms with van der Waals surface area (Å²) in [6, 6.07) is -0.906. The van der Waals surface area contributed by atoms with Gasteiger partial charge < -0.3 is 28.5 Å². The van der Waals surface area contributed by atoms with E-state index in [1.54, 1.807) is 6.08 Å². The summed E-state index contributed by atoms with van der Waals surface area (Å²) in [5.41, 5.74) is 0. The van der Waals surface area contributed by atoms with Crippen LogP contribution in [0.3, 0.4) is 0 Å². The lowest BCUT2D eigenvalue weighted by Gasteiger charge is -2.30. The predicted molar refractivity (Wildman–Crippen MR) is 275 cm³/mol. The Morgan fingerprint density at radius 3 is 1.46 bits per heavy atom. The minimum atomic E-state index is -4.70. The maximum atomic E-state index is 13.4. The molecule has 0 heterocycles. The number of likely N-dealkylation sites (N-methyl/N-ethyl adjacent to an activating group) is 1. The van der Waals surface area contributed by atoms with Crippen LogP contribution in [-0.4, -0.2) is 69.4 Å². The molecule has 10 heteroatoms. The van der Waals surface area contributed by atoms with Crippen LogP contribution in [0, 0.1) is 0 Å². The Morgan fingerprint density at radius 1 is 0.538 bits per heavy atom. The van der Waals surface area contributed by atoms with E-state index in [0.717, 1.165) is 64.2 Å². The smallest absolute Gasteiger partial charge is 0.306 e. The van der Waals surface area contributed by atoms with Crippen LogP contribution in [0.15, 0.2) is 60.8 Å². The number of allylic oxidation sites excluding steroid dienone is 9. The average molecular weight is 933 g/mol. The Kier molecular flexibility index (Phi) is 43.9. The Labute approximate surface area is 401 Å². The number of nitrogens with one attached hydrogen (secondary N) is 1. The fourth-order valence-corrected chi connectivity index (χ4v) is 8.00. The number of esters is 1. The number of carbonyl (C=O) groups is 2. The van der Waals surface area contributed by atoms with Crippen LogP contribution in [0.2, 0.25) is 0 Å². The van der Waals surface area contributed by atoms with Gasteiger partial charge in [-0.25, -0.2) is 0 Å². The van der Waals surface area contributed by atoms with Crippen LogP contribution in [0.5, 0.6) is 0 Å². The molecule has 0 aromatic carbocycles. The van der Waals surface area contributed by atoms with Gasteiger partial charge in [-0.3, -0.25) is 14.2 Å². The highest BCUT2D eigenvalue weighted by atomic mass is 31.2. The van der Waals surface area contributed by atoms with Crippen LogP contribution in [0.4, 0.5) is 0 Å². The number of hydrogen-bond donors (Lipinski definition) is 1. The number of phosphoric ester groups is 1. The average Bonchev–Trinajstić information content (AvgIpc) is 3.26. The molecule has 1 N–H and O–H groups in total. The SMILES string of the molecule is CCCCC/C=C\C/C=C\C/C=C\C/C=C\CCCC(=O)OC(/C=C/CCCCCCCCCCC)C(COP(=O)([O-])OCC[N+](C)(C)C)NC(=O)CCCCCCCCCCCCC. The zero-order chi connectivity index (χ0) is 48.0. The van der Waals surface area contributed by atoms with E-state index in [1.807, 2.05) is 27.2 Å². The van der Waals surface area contributed by atoms with Gasteiger partial charge in [0.1, 0.15) is 19.3 Å². The zero-order valence-electron chi connectivity index (χ0n) is 42.9. The van der Waals surface area contributed by atoms with Crippen LogP contribution in [0.25, 0.3) is 0 Å². The molecule has 0 saturated heterocycles. The molecule has 9 nitrogen and oxygen atoms in total. The number of carbonyl (C=O) groups excluding carboxylic acids is 2. The molecule has 0 saturated carbocycles. The molecule has 0 aliphatic heterocycles. The third-order valence-electron chi connectivity index (χ3n) is 11.5. The summed E-state index contributed by atoms with van der Waals surface area (Å²) in [5.74, 6) is -0.608. The molecular formula is C55H101N2O7P. The maximum absolute atomic E-state index is 13.4. The van der Waals surface area contributed by atoms with E-state index >= 15 is 0 Å². The molecular weight excluding hydrogens is 832 g/mol. The summed E-state index contributed by atoms with van der Waals surface area (Å²) in [7, 11) is 1.15. The first-order chi connectivity index (χ1) is 31.4. The summed E-state index contributed by atoms with van der Waals surface area (Å²) >= 11 is 0. The number of phosphoric acid groups is 1. The van der Waals surface area contributed by atoms with Crippen molar-refractivity contribution in [3.63, 3.8) is 0 Å². The highest BCUT2D eigenvalue weighted by Gasteiger charge is 2.27. The highest BCUT2D eigenvalue weighted by Crippen LogP contribution is 2.38. The molecule has 378 valence electrons. The lowest BCUT2D eigenvalue weighted by atomic mass is 10.0. The Bertz CT molecular complexity index is 1300. The number of ether oxygens (including phenoxy) is 1. The molecule has 3 atom stereocenters. The molecule has 0 bridgehead atoms. The van der Waals surface area contributed by atoms with Crippen molar-refractivity contribution < 1.29 is 37.3 Å². The number of amides is 1. The molecule has 65 heavy (non-hydrogen) atoms. The maximum Gasteiger partial charge on any atom is 0.306 e. The highest BCUT2D eigenvalue weighted by molar-refractivity contribution is 7.45. The second-order valence-electron chi connectivity index (χ2n) is 19.0. The standard InChI is InChI=1S/C55H101N2O7P/c1-7-10-13-16-19-22-25-26-27-28-29-30-33-36-39-42-45-48-55(59)64-53(46-43-40-37-34-31-23-20-17-14-11-8-2)52(51-63-65(60,61)62-50-49-57(4,5)6)56-54(58)47-44-41-38-35-32-24-21-18-15-12-9-3/h19,22,26-27,29-30,36,39,43,46,52-53H,7-18,20-21,23-25,28,31-35,37-38,40-42,44-45,47-51H2,1-6H3,(H-,56,58,60,61)/b22-19-,27-26-,30-29-,39-36-,46-43+. The van der Waals surface area contributed by atoms with Gasteiger partial charge in [0, 0.05) is 12.8 Å². The van der Waals surface area contributed by atoms with E-state index in [-0.39, 0.29) is 18.9 Å². The van der Waals surface area contributed by atoms with Gasteiger partial charge in [0.2, 0.25) is 5.91 Å². The molecule has 0 fully saturated rings. The molecule has 1 amide bonds. The Hall–Kier alpha value is -2.29. The summed E-state index contributed by atoms with van der Waals surface area (Å²) in [5, 5.41) is 2.99. The molecule has 3 unspecified atom stereocenters. The lowest BCUT2D eigenvalue weighted by molar-refractivity contribution is -0.870. The largest absolute Gasteiger partial charge is 0.756 e. The van der Waals surface area contributed by atoms with E-state index in [0.29, 0.717) is 23.9 Å². The van der Waals surface area contributed by atoms with E-state index in [1.165, 1.54) is 122 Å². The first-order valence-electron chi connectivity index (χ1n) is 26.6. The summed E-state index contributed by atoms with van der Waals surface area (Å²) < 4.78 is 30.1. The summed E-state index contributed by atoms with van der Waals surface area (Å²) in [6.07, 6.45) is 54.8. The van der Waals surface area contributed by atoms with Crippen molar-refractivity contribution >= 4 is 19.7 Å². The number of unbranched alkanes of at least 4 members (excludes halogenated alkanes) is 23. The molecule has 0 aliphatic rings. The topological polar surface area (TPSA) is 114 Å². The molecule has 0 aromatic heterocycles. The minimum absolute atomic E-state index is 0.0311. The van der Waals surface area contributed by atoms with Crippen LogP contribution in [0.1, 0.15) is 226 Å². The van der Waals surface area contributed by atoms with Gasteiger partial charge in [-0.15, -0.1) is 0 Å². The molecule has 0 radical (unpaired) electrons. The van der Waals surface area contributed by atoms with Crippen molar-refractivity contribution in [2.45, 2.75) is 238 Å². The number of nitrogens with zero attached hydrogens (tertiary/aromatic N) is 1. The van der Waals surface area contributed by atoms with Crippen molar-refractivity contribution in [1.82, 2.24) is 5.32 Å². The third kappa shape index (κ3) is 46.6. The quantitative estimate of drug-likeness (QED) is 0.0212. The normalized spacial score (nSPS) is 14.4. The monoisotopic (exact) mass is 933 g/mol. The van der Waals surface area contributed by atoms with Gasteiger partial charge >= 0.3 is 5.97 Å². The summed E-state index contributed by atoms with van der Waals surface area (Å²) in [4.78, 5) is 39.6. The Balaban J connectivity index is 5.47. The van der Waals surface area contributed by atoms with E-state index in [9.17, 15) is 19.0 Å². The van der Waals surface area contributed by atoms with Gasteiger partial charge in [-0.1, -0.05) is 204 Å². The lowest BCUT2D eigenvalue weighted by Crippen LogP contribution is -2.47. The van der Waals surface area contributed by atoms with Gasteiger partial charge in [-0.2, -0.15) is 0 Å². The number of quaternary nitrogens is 1. The van der Waals surface area contributed by atoms with E-state index in [4.69, 9.17) is 13.8 Å². The second-order valence-corrected chi connectivity index (χ2v) is 20.4. The predicted octanol–water partition coefficient (Wildman–Crippen LogP) is 14.9. The van der Waals surface area contributed by atoms with E-state index < -0.39 is 32.5 Å². The minimum Gasteiger partial charge on any atom is -0.756 e. The van der Waals surface area contributed by atoms with Gasteiger partial charge in [0.05, 0.1) is 33.8 Å². The van der Waals surface area contributed by atoms with Crippen LogP contribution in [-0.2, 0) is 27.9 Å². The van der Waals surface area contributed by atoms with Gasteiger partial charge in [-0.05, 0) is 70.3 Å². The van der Waals surface area contributed by atoms with Crippen molar-refractivity contribution in [2.24, 2.45) is 0 Å². The zero-order valence-corrected chi connectivity index (χ0v) is 43.8. The van der Waals surface area contributed by atoms with Crippen molar-refractivity contribution in [3.8, 4) is 0 Å². The number of rotatable bonds is 47. The van der Waals surface area contributed by atoms with Crippen molar-refractivity contribution in [1.29, 1.82) is 0 Å².